The van der Waals surface area contributed by atoms with E-state index < -0.39 is 0 Å². The van der Waals surface area contributed by atoms with E-state index in [-0.39, 0.29) is 0 Å². The van der Waals surface area contributed by atoms with Gasteiger partial charge in [-0.05, 0) is 140 Å². The number of hydrogen-bond donors (Lipinski definition) is 4. The van der Waals surface area contributed by atoms with Crippen molar-refractivity contribution in [1.82, 2.24) is 30.6 Å². The van der Waals surface area contributed by atoms with Crippen LogP contribution in [0.4, 0.5) is 0 Å². The van der Waals surface area contributed by atoms with Crippen LogP contribution in [0.15, 0.2) is 42.8 Å². The molecule has 0 bridgehead atoms. The zero-order valence-electron chi connectivity index (χ0n) is 28.4. The lowest BCUT2D eigenvalue weighted by Crippen LogP contribution is -2.20. The average molecular weight is 629 g/mol. The molecule has 246 valence electrons. The number of aromatic amines is 2. The summed E-state index contributed by atoms with van der Waals surface area (Å²) in [7, 11) is 0. The van der Waals surface area contributed by atoms with Gasteiger partial charge >= 0.3 is 0 Å². The quantitative estimate of drug-likeness (QED) is 0.220. The number of allylic oxidation sites excluding steroid dienone is 6. The second kappa shape index (κ2) is 12.0. The number of H-pyrrole nitrogens is 2. The highest BCUT2D eigenvalue weighted by Crippen LogP contribution is 2.55. The van der Waals surface area contributed by atoms with E-state index in [0.29, 0.717) is 29.3 Å². The van der Waals surface area contributed by atoms with Gasteiger partial charge in [0.15, 0.2) is 0 Å². The largest absolute Gasteiger partial charge is 0.344 e. The Kier molecular flexibility index (Phi) is 7.65. The van der Waals surface area contributed by atoms with Crippen molar-refractivity contribution >= 4 is 16.7 Å². The molecule has 2 saturated heterocycles. The first-order valence-electron chi connectivity index (χ1n) is 18.9. The summed E-state index contributed by atoms with van der Waals surface area (Å²) in [6, 6.07) is 5.78. The second-order valence-electron chi connectivity index (χ2n) is 16.1. The SMILES string of the molecule is CC1CNC(c2ncc(C3=CC=C(c4ccc(C5=CCC(c6cnc(C7CC(C)CN7)[nH]6)CC5)c5c4CCC54CCCC4)CC3)[nH]2)C1. The Morgan fingerprint density at radius 1 is 0.723 bits per heavy atom. The third-order valence-corrected chi connectivity index (χ3v) is 12.9. The monoisotopic (exact) mass is 628 g/mol. The van der Waals surface area contributed by atoms with Gasteiger partial charge in [-0.25, -0.2) is 9.97 Å². The number of imidazole rings is 2. The minimum Gasteiger partial charge on any atom is -0.344 e. The van der Waals surface area contributed by atoms with Gasteiger partial charge < -0.3 is 20.6 Å². The van der Waals surface area contributed by atoms with Crippen molar-refractivity contribution in [2.45, 2.75) is 121 Å². The zero-order valence-corrected chi connectivity index (χ0v) is 28.4. The van der Waals surface area contributed by atoms with Gasteiger partial charge in [-0.3, -0.25) is 0 Å². The van der Waals surface area contributed by atoms with Crippen molar-refractivity contribution in [2.75, 3.05) is 13.1 Å². The number of fused-ring (bicyclic) bond motifs is 2. The maximum atomic E-state index is 4.82. The van der Waals surface area contributed by atoms with Gasteiger partial charge in [0.05, 0.1) is 24.0 Å². The molecule has 6 nitrogen and oxygen atoms in total. The van der Waals surface area contributed by atoms with Gasteiger partial charge in [0, 0.05) is 17.8 Å². The molecular formula is C41H52N6. The lowest BCUT2D eigenvalue weighted by atomic mass is 9.74. The lowest BCUT2D eigenvalue weighted by Gasteiger charge is -2.30. The van der Waals surface area contributed by atoms with E-state index in [1.54, 1.807) is 22.3 Å². The van der Waals surface area contributed by atoms with Crippen LogP contribution in [0.25, 0.3) is 16.7 Å². The molecule has 4 aliphatic carbocycles. The van der Waals surface area contributed by atoms with Crippen LogP contribution in [0.2, 0.25) is 0 Å². The number of hydrogen-bond acceptors (Lipinski definition) is 4. The first-order valence-corrected chi connectivity index (χ1v) is 18.9. The van der Waals surface area contributed by atoms with E-state index in [1.807, 2.05) is 0 Å². The van der Waals surface area contributed by atoms with Crippen molar-refractivity contribution in [3.8, 4) is 0 Å². The van der Waals surface area contributed by atoms with Crippen LogP contribution in [-0.4, -0.2) is 33.0 Å². The van der Waals surface area contributed by atoms with Crippen LogP contribution in [-0.2, 0) is 11.8 Å². The van der Waals surface area contributed by atoms with E-state index in [0.717, 1.165) is 56.3 Å². The molecule has 1 spiro atoms. The predicted molar refractivity (Wildman–Crippen MR) is 191 cm³/mol. The molecule has 9 rings (SSSR count). The van der Waals surface area contributed by atoms with Gasteiger partial charge in [-0.2, -0.15) is 0 Å². The third-order valence-electron chi connectivity index (χ3n) is 12.9. The van der Waals surface area contributed by atoms with Crippen molar-refractivity contribution in [3.05, 3.63) is 88.0 Å². The minimum absolute atomic E-state index is 0.365. The van der Waals surface area contributed by atoms with E-state index in [2.05, 4.69) is 77.2 Å². The fourth-order valence-corrected chi connectivity index (χ4v) is 10.2. The number of rotatable bonds is 6. The van der Waals surface area contributed by atoms with Crippen LogP contribution in [0, 0.1) is 11.8 Å². The summed E-state index contributed by atoms with van der Waals surface area (Å²) >= 11 is 0. The molecule has 47 heavy (non-hydrogen) atoms. The molecule has 1 aromatic carbocycles. The van der Waals surface area contributed by atoms with Crippen LogP contribution < -0.4 is 10.6 Å². The molecule has 2 aliphatic heterocycles. The summed E-state index contributed by atoms with van der Waals surface area (Å²) in [5.74, 6) is 4.23. The molecular weight excluding hydrogens is 576 g/mol. The van der Waals surface area contributed by atoms with Gasteiger partial charge in [0.1, 0.15) is 11.6 Å². The Bertz CT molecular complexity index is 1740. The second-order valence-corrected chi connectivity index (χ2v) is 16.1. The molecule has 3 aromatic rings. The summed E-state index contributed by atoms with van der Waals surface area (Å²) in [6.45, 7) is 6.83. The number of nitrogens with one attached hydrogen (secondary N) is 4. The van der Waals surface area contributed by atoms with Crippen LogP contribution in [0.3, 0.4) is 0 Å². The van der Waals surface area contributed by atoms with Crippen LogP contribution in [0.5, 0.6) is 0 Å². The van der Waals surface area contributed by atoms with Crippen LogP contribution in [0.1, 0.15) is 154 Å². The number of nitrogens with zero attached hydrogens (tertiary/aromatic N) is 2. The molecule has 4 heterocycles. The maximum absolute atomic E-state index is 4.82. The Morgan fingerprint density at radius 2 is 1.43 bits per heavy atom. The van der Waals surface area contributed by atoms with Crippen molar-refractivity contribution in [1.29, 1.82) is 0 Å². The highest BCUT2D eigenvalue weighted by atomic mass is 15.1. The third kappa shape index (κ3) is 5.40. The Hall–Kier alpha value is -3.22. The van der Waals surface area contributed by atoms with Gasteiger partial charge in [0.25, 0.3) is 0 Å². The van der Waals surface area contributed by atoms with Crippen molar-refractivity contribution in [3.63, 3.8) is 0 Å². The van der Waals surface area contributed by atoms with E-state index in [9.17, 15) is 0 Å². The molecule has 2 aromatic heterocycles. The van der Waals surface area contributed by atoms with Crippen molar-refractivity contribution < 1.29 is 0 Å². The first-order chi connectivity index (χ1) is 23.0. The normalized spacial score (nSPS) is 30.1. The van der Waals surface area contributed by atoms with E-state index >= 15 is 0 Å². The van der Waals surface area contributed by atoms with E-state index in [4.69, 9.17) is 9.97 Å². The Balaban J connectivity index is 0.976. The molecule has 6 aliphatic rings. The van der Waals surface area contributed by atoms with Gasteiger partial charge in [-0.15, -0.1) is 0 Å². The average Bonchev–Trinajstić information content (AvgIpc) is 3.95. The Labute approximate surface area is 280 Å². The molecule has 5 atom stereocenters. The summed E-state index contributed by atoms with van der Waals surface area (Å²) in [6.07, 6.45) is 27.7. The highest BCUT2D eigenvalue weighted by molar-refractivity contribution is 5.82. The topological polar surface area (TPSA) is 81.4 Å². The molecule has 1 saturated carbocycles. The fraction of sp³-hybridized carbons (Fsp3) is 0.561. The molecule has 4 N–H and O–H groups in total. The molecule has 3 fully saturated rings. The molecule has 0 amide bonds. The van der Waals surface area contributed by atoms with Crippen LogP contribution >= 0.6 is 0 Å². The first kappa shape index (κ1) is 29.9. The highest BCUT2D eigenvalue weighted by Gasteiger charge is 2.44. The molecule has 0 radical (unpaired) electrons. The predicted octanol–water partition coefficient (Wildman–Crippen LogP) is 8.84. The molecule has 5 unspecified atom stereocenters. The van der Waals surface area contributed by atoms with Gasteiger partial charge in [0.2, 0.25) is 0 Å². The van der Waals surface area contributed by atoms with Crippen molar-refractivity contribution in [2.24, 2.45) is 11.8 Å². The maximum Gasteiger partial charge on any atom is 0.123 e. The van der Waals surface area contributed by atoms with E-state index in [1.165, 1.54) is 85.9 Å². The summed E-state index contributed by atoms with van der Waals surface area (Å²) in [5, 5.41) is 7.27. The summed E-state index contributed by atoms with van der Waals surface area (Å²) in [4.78, 5) is 17.0. The smallest absolute Gasteiger partial charge is 0.123 e. The minimum atomic E-state index is 0.365. The fourth-order valence-electron chi connectivity index (χ4n) is 10.2. The van der Waals surface area contributed by atoms with Gasteiger partial charge in [-0.1, -0.05) is 57.0 Å². The zero-order chi connectivity index (χ0) is 31.5. The standard InChI is InChI=1S/C41H52N6/c1-25-19-34(42-21-25)39-44-23-36(46-39)29-9-5-27(6-10-29)31-13-14-32(38-33(31)15-18-41(38)16-3-4-17-41)28-7-11-30(12-8-28)37-24-45-40(47-37)35-20-26(2)22-43-35/h5,7,9,13-14,23-26,30,34-35,42-43H,3-4,6,8,10-12,15-22H2,1-2H3,(H,44,46)(H,45,47). The number of aromatic nitrogens is 4. The lowest BCUT2D eigenvalue weighted by molar-refractivity contribution is 0.438. The number of benzene rings is 1. The molecule has 6 heteroatoms. The summed E-state index contributed by atoms with van der Waals surface area (Å²) in [5.41, 5.74) is 14.0. The summed E-state index contributed by atoms with van der Waals surface area (Å²) < 4.78 is 0. The Morgan fingerprint density at radius 3 is 2.11 bits per heavy atom.